The van der Waals surface area contributed by atoms with E-state index in [2.05, 4.69) is 32.2 Å². The molecule has 19 heavy (non-hydrogen) atoms. The fourth-order valence-corrected chi connectivity index (χ4v) is 2.25. The molecule has 3 nitrogen and oxygen atoms in total. The van der Waals surface area contributed by atoms with Gasteiger partial charge in [-0.2, -0.15) is 0 Å². The Labute approximate surface area is 117 Å². The van der Waals surface area contributed by atoms with Crippen LogP contribution in [0.2, 0.25) is 0 Å². The summed E-state index contributed by atoms with van der Waals surface area (Å²) in [5.41, 5.74) is 1.21. The maximum Gasteiger partial charge on any atom is 0.127 e. The van der Waals surface area contributed by atoms with Gasteiger partial charge < -0.3 is 14.8 Å². The van der Waals surface area contributed by atoms with Crippen LogP contribution in [0.15, 0.2) is 18.2 Å². The number of benzene rings is 1. The van der Waals surface area contributed by atoms with Crippen LogP contribution in [-0.2, 0) is 0 Å². The van der Waals surface area contributed by atoms with Gasteiger partial charge in [0, 0.05) is 23.7 Å². The summed E-state index contributed by atoms with van der Waals surface area (Å²) in [6.45, 7) is 6.57. The van der Waals surface area contributed by atoms with E-state index in [1.165, 1.54) is 18.4 Å². The Morgan fingerprint density at radius 1 is 1.16 bits per heavy atom. The molecule has 108 valence electrons. The fourth-order valence-electron chi connectivity index (χ4n) is 2.25. The molecule has 0 amide bonds. The Kier molecular flexibility index (Phi) is 6.71. The van der Waals surface area contributed by atoms with Gasteiger partial charge in [0.15, 0.2) is 0 Å². The highest BCUT2D eigenvalue weighted by atomic mass is 16.5. The van der Waals surface area contributed by atoms with E-state index >= 15 is 0 Å². The van der Waals surface area contributed by atoms with E-state index < -0.39 is 0 Å². The Bertz CT molecular complexity index is 377. The van der Waals surface area contributed by atoms with Crippen molar-refractivity contribution in [2.75, 3.05) is 14.2 Å². The van der Waals surface area contributed by atoms with Crippen molar-refractivity contribution in [2.45, 2.75) is 52.1 Å². The highest BCUT2D eigenvalue weighted by Gasteiger charge is 2.17. The maximum atomic E-state index is 5.51. The van der Waals surface area contributed by atoms with Crippen molar-refractivity contribution < 1.29 is 9.47 Å². The number of hydrogen-bond donors (Lipinski definition) is 1. The first-order chi connectivity index (χ1) is 9.12. The first-order valence-electron chi connectivity index (χ1n) is 7.10. The van der Waals surface area contributed by atoms with E-state index in [0.29, 0.717) is 12.1 Å². The van der Waals surface area contributed by atoms with E-state index in [0.717, 1.165) is 17.9 Å². The van der Waals surface area contributed by atoms with Crippen molar-refractivity contribution in [1.29, 1.82) is 0 Å². The molecule has 1 unspecified atom stereocenters. The molecule has 0 aliphatic rings. The van der Waals surface area contributed by atoms with Crippen LogP contribution in [0, 0.1) is 0 Å². The maximum absolute atomic E-state index is 5.51. The van der Waals surface area contributed by atoms with Crippen molar-refractivity contribution in [3.8, 4) is 11.5 Å². The lowest BCUT2D eigenvalue weighted by Gasteiger charge is -2.24. The van der Waals surface area contributed by atoms with Crippen molar-refractivity contribution in [2.24, 2.45) is 0 Å². The molecule has 1 rings (SSSR count). The Balaban J connectivity index is 2.98. The summed E-state index contributed by atoms with van der Waals surface area (Å²) in [4.78, 5) is 0. The lowest BCUT2D eigenvalue weighted by molar-refractivity contribution is 0.374. The third kappa shape index (κ3) is 4.75. The Morgan fingerprint density at radius 2 is 1.89 bits per heavy atom. The number of nitrogens with one attached hydrogen (secondary N) is 1. The molecule has 0 bridgehead atoms. The summed E-state index contributed by atoms with van der Waals surface area (Å²) in [5.74, 6) is 1.73. The molecule has 1 N–H and O–H groups in total. The quantitative estimate of drug-likeness (QED) is 0.772. The van der Waals surface area contributed by atoms with Crippen molar-refractivity contribution >= 4 is 0 Å². The van der Waals surface area contributed by atoms with Gasteiger partial charge in [0.1, 0.15) is 11.5 Å². The van der Waals surface area contributed by atoms with E-state index in [-0.39, 0.29) is 0 Å². The average Bonchev–Trinajstić information content (AvgIpc) is 2.42. The zero-order valence-corrected chi connectivity index (χ0v) is 12.8. The van der Waals surface area contributed by atoms with Crippen LogP contribution in [0.25, 0.3) is 0 Å². The van der Waals surface area contributed by atoms with E-state index in [4.69, 9.17) is 9.47 Å². The summed E-state index contributed by atoms with van der Waals surface area (Å²) in [6.07, 6.45) is 3.53. The molecule has 0 aliphatic heterocycles. The third-order valence-electron chi connectivity index (χ3n) is 3.20. The van der Waals surface area contributed by atoms with Crippen LogP contribution in [0.3, 0.4) is 0 Å². The van der Waals surface area contributed by atoms with Gasteiger partial charge in [-0.15, -0.1) is 0 Å². The molecule has 1 aromatic rings. The van der Waals surface area contributed by atoms with Crippen LogP contribution < -0.4 is 14.8 Å². The summed E-state index contributed by atoms with van der Waals surface area (Å²) in [7, 11) is 3.39. The standard InChI is InChI=1S/C16H27NO2/c1-6-7-8-15(17-12(2)3)14-10-9-13(18-4)11-16(14)19-5/h9-12,15,17H,6-8H2,1-5H3. The second-order valence-corrected chi connectivity index (χ2v) is 5.12. The molecule has 1 aromatic carbocycles. The minimum absolute atomic E-state index is 0.334. The van der Waals surface area contributed by atoms with Crippen molar-refractivity contribution in [3.05, 3.63) is 23.8 Å². The van der Waals surface area contributed by atoms with E-state index in [9.17, 15) is 0 Å². The zero-order chi connectivity index (χ0) is 14.3. The van der Waals surface area contributed by atoms with Crippen LogP contribution in [-0.4, -0.2) is 20.3 Å². The number of methoxy groups -OCH3 is 2. The molecule has 0 saturated carbocycles. The predicted octanol–water partition coefficient (Wildman–Crippen LogP) is 3.93. The molecule has 0 aromatic heterocycles. The minimum atomic E-state index is 0.334. The third-order valence-corrected chi connectivity index (χ3v) is 3.20. The molecule has 0 aliphatic carbocycles. The zero-order valence-electron chi connectivity index (χ0n) is 12.8. The van der Waals surface area contributed by atoms with Crippen molar-refractivity contribution in [1.82, 2.24) is 5.32 Å². The van der Waals surface area contributed by atoms with Crippen LogP contribution >= 0.6 is 0 Å². The monoisotopic (exact) mass is 265 g/mol. The topological polar surface area (TPSA) is 30.5 Å². The second kappa shape index (κ2) is 8.05. The van der Waals surface area contributed by atoms with Gasteiger partial charge in [-0.1, -0.05) is 39.7 Å². The van der Waals surface area contributed by atoms with Crippen LogP contribution in [0.5, 0.6) is 11.5 Å². The van der Waals surface area contributed by atoms with Gasteiger partial charge in [0.2, 0.25) is 0 Å². The normalized spacial score (nSPS) is 12.5. The number of ether oxygens (including phenoxy) is 2. The predicted molar refractivity (Wildman–Crippen MR) is 80.1 cm³/mol. The van der Waals surface area contributed by atoms with Gasteiger partial charge in [-0.05, 0) is 12.5 Å². The molecule has 0 saturated heterocycles. The van der Waals surface area contributed by atoms with Crippen LogP contribution in [0.4, 0.5) is 0 Å². The van der Waals surface area contributed by atoms with Gasteiger partial charge in [-0.25, -0.2) is 0 Å². The summed E-state index contributed by atoms with van der Waals surface area (Å²) >= 11 is 0. The van der Waals surface area contributed by atoms with E-state index in [1.54, 1.807) is 14.2 Å². The summed E-state index contributed by atoms with van der Waals surface area (Å²) < 4.78 is 10.8. The molecule has 0 spiro atoms. The highest BCUT2D eigenvalue weighted by Crippen LogP contribution is 2.32. The SMILES string of the molecule is CCCCC(NC(C)C)c1ccc(OC)cc1OC. The number of hydrogen-bond acceptors (Lipinski definition) is 3. The second-order valence-electron chi connectivity index (χ2n) is 5.12. The highest BCUT2D eigenvalue weighted by molar-refractivity contribution is 5.42. The van der Waals surface area contributed by atoms with Gasteiger partial charge in [0.05, 0.1) is 14.2 Å². The molecule has 0 fully saturated rings. The lowest BCUT2D eigenvalue weighted by atomic mass is 9.99. The Morgan fingerprint density at radius 3 is 2.42 bits per heavy atom. The van der Waals surface area contributed by atoms with Crippen LogP contribution in [0.1, 0.15) is 51.6 Å². The lowest BCUT2D eigenvalue weighted by Crippen LogP contribution is -2.28. The number of rotatable bonds is 8. The Hall–Kier alpha value is -1.22. The smallest absolute Gasteiger partial charge is 0.127 e. The summed E-state index contributed by atoms with van der Waals surface area (Å²) in [6, 6.07) is 6.84. The first kappa shape index (κ1) is 15.8. The van der Waals surface area contributed by atoms with Crippen molar-refractivity contribution in [3.63, 3.8) is 0 Å². The first-order valence-corrected chi connectivity index (χ1v) is 7.10. The molecule has 0 heterocycles. The average molecular weight is 265 g/mol. The van der Waals surface area contributed by atoms with E-state index in [1.807, 2.05) is 12.1 Å². The summed E-state index contributed by atoms with van der Waals surface area (Å²) in [5, 5.41) is 3.62. The molecule has 1 atom stereocenters. The number of unbranched alkanes of at least 4 members (excludes halogenated alkanes) is 1. The molecule has 0 radical (unpaired) electrons. The van der Waals surface area contributed by atoms with Gasteiger partial charge in [0.25, 0.3) is 0 Å². The molecular formula is C16H27NO2. The molecular weight excluding hydrogens is 238 g/mol. The van der Waals surface area contributed by atoms with Gasteiger partial charge >= 0.3 is 0 Å². The minimum Gasteiger partial charge on any atom is -0.497 e. The largest absolute Gasteiger partial charge is 0.497 e. The fraction of sp³-hybridized carbons (Fsp3) is 0.625. The van der Waals surface area contributed by atoms with Gasteiger partial charge in [-0.3, -0.25) is 0 Å². The molecule has 3 heteroatoms.